The van der Waals surface area contributed by atoms with E-state index in [4.69, 9.17) is 0 Å². The number of piperidine rings is 1. The van der Waals surface area contributed by atoms with Gasteiger partial charge in [0, 0.05) is 13.1 Å². The van der Waals surface area contributed by atoms with Crippen molar-refractivity contribution in [3.05, 3.63) is 30.3 Å². The van der Waals surface area contributed by atoms with Gasteiger partial charge in [-0.05, 0) is 37.3 Å². The number of nitrogens with zero attached hydrogens (tertiary/aromatic N) is 1. The summed E-state index contributed by atoms with van der Waals surface area (Å²) < 4.78 is 27.0. The monoisotopic (exact) mass is 324 g/mol. The van der Waals surface area contributed by atoms with E-state index >= 15 is 0 Å². The third kappa shape index (κ3) is 4.08. The fraction of sp³-hybridized carbons (Fsp3) is 0.562. The highest BCUT2D eigenvalue weighted by atomic mass is 32.2. The van der Waals surface area contributed by atoms with Crippen molar-refractivity contribution >= 4 is 15.9 Å². The molecule has 1 heterocycles. The zero-order chi connectivity index (χ0) is 16.3. The largest absolute Gasteiger partial charge is 0.341 e. The van der Waals surface area contributed by atoms with E-state index < -0.39 is 16.1 Å². The number of sulfonamides is 1. The predicted octanol–water partition coefficient (Wildman–Crippen LogP) is 1.86. The molecule has 1 saturated heterocycles. The van der Waals surface area contributed by atoms with E-state index in [2.05, 4.69) is 18.6 Å². The number of carbonyl (C=O) groups is 1. The molecule has 0 spiro atoms. The topological polar surface area (TPSA) is 66.5 Å². The summed E-state index contributed by atoms with van der Waals surface area (Å²) in [6.45, 7) is 7.23. The van der Waals surface area contributed by atoms with Crippen molar-refractivity contribution in [1.82, 2.24) is 9.62 Å². The predicted molar refractivity (Wildman–Crippen MR) is 85.8 cm³/mol. The van der Waals surface area contributed by atoms with Crippen LogP contribution in [-0.2, 0) is 14.8 Å². The molecule has 1 amide bonds. The van der Waals surface area contributed by atoms with E-state index in [0.717, 1.165) is 6.42 Å². The summed E-state index contributed by atoms with van der Waals surface area (Å²) in [4.78, 5) is 14.4. The highest BCUT2D eigenvalue weighted by Gasteiger charge is 2.30. The fourth-order valence-corrected chi connectivity index (χ4v) is 4.29. The molecule has 1 fully saturated rings. The Bertz CT molecular complexity index is 606. The van der Waals surface area contributed by atoms with Gasteiger partial charge in [-0.15, -0.1) is 0 Å². The summed E-state index contributed by atoms with van der Waals surface area (Å²) in [5.41, 5.74) is 0. The quantitative estimate of drug-likeness (QED) is 0.919. The van der Waals surface area contributed by atoms with E-state index in [1.807, 2.05) is 0 Å². The number of hydrogen-bond acceptors (Lipinski definition) is 3. The van der Waals surface area contributed by atoms with Crippen molar-refractivity contribution in [3.8, 4) is 0 Å². The minimum absolute atomic E-state index is 0.155. The second kappa shape index (κ2) is 6.79. The van der Waals surface area contributed by atoms with Crippen LogP contribution < -0.4 is 4.72 Å². The van der Waals surface area contributed by atoms with Crippen LogP contribution in [0.15, 0.2) is 35.2 Å². The molecule has 0 radical (unpaired) electrons. The molecule has 1 aromatic rings. The van der Waals surface area contributed by atoms with Crippen LogP contribution >= 0.6 is 0 Å². The van der Waals surface area contributed by atoms with Crippen LogP contribution in [0.4, 0.5) is 0 Å². The van der Waals surface area contributed by atoms with Gasteiger partial charge < -0.3 is 4.90 Å². The molecule has 6 heteroatoms. The molecular formula is C16H24N2O3S. The molecule has 0 saturated carbocycles. The van der Waals surface area contributed by atoms with Crippen molar-refractivity contribution < 1.29 is 13.2 Å². The maximum Gasteiger partial charge on any atom is 0.241 e. The Morgan fingerprint density at radius 3 is 2.27 bits per heavy atom. The van der Waals surface area contributed by atoms with Gasteiger partial charge in [0.2, 0.25) is 15.9 Å². The third-order valence-electron chi connectivity index (χ3n) is 3.94. The molecule has 22 heavy (non-hydrogen) atoms. The Hall–Kier alpha value is -1.40. The van der Waals surface area contributed by atoms with Crippen LogP contribution in [0.3, 0.4) is 0 Å². The molecular weight excluding hydrogens is 300 g/mol. The highest BCUT2D eigenvalue weighted by molar-refractivity contribution is 7.89. The van der Waals surface area contributed by atoms with Crippen LogP contribution in [0.5, 0.6) is 0 Å². The van der Waals surface area contributed by atoms with Crippen molar-refractivity contribution in [2.75, 3.05) is 13.1 Å². The van der Waals surface area contributed by atoms with Gasteiger partial charge in [-0.3, -0.25) is 4.79 Å². The fourth-order valence-electron chi connectivity index (χ4n) is 3.07. The second-order valence-corrected chi connectivity index (χ2v) is 8.06. The minimum Gasteiger partial charge on any atom is -0.341 e. The molecule has 0 aromatic heterocycles. The number of rotatable bonds is 4. The van der Waals surface area contributed by atoms with E-state index in [1.165, 1.54) is 12.1 Å². The van der Waals surface area contributed by atoms with Gasteiger partial charge in [0.15, 0.2) is 0 Å². The van der Waals surface area contributed by atoms with Crippen molar-refractivity contribution in [2.24, 2.45) is 11.8 Å². The average Bonchev–Trinajstić information content (AvgIpc) is 2.46. The molecule has 5 nitrogen and oxygen atoms in total. The molecule has 0 bridgehead atoms. The summed E-state index contributed by atoms with van der Waals surface area (Å²) in [6, 6.07) is 7.35. The van der Waals surface area contributed by atoms with Gasteiger partial charge in [0.1, 0.15) is 0 Å². The molecule has 2 rings (SSSR count). The molecule has 3 atom stereocenters. The highest BCUT2D eigenvalue weighted by Crippen LogP contribution is 2.21. The number of amides is 1. The maximum absolute atomic E-state index is 12.5. The van der Waals surface area contributed by atoms with Crippen LogP contribution in [0.25, 0.3) is 0 Å². The van der Waals surface area contributed by atoms with Crippen molar-refractivity contribution in [3.63, 3.8) is 0 Å². The number of hydrogen-bond donors (Lipinski definition) is 1. The Kier molecular flexibility index (Phi) is 5.24. The number of nitrogens with one attached hydrogen (secondary N) is 1. The minimum atomic E-state index is -3.67. The first-order chi connectivity index (χ1) is 10.3. The first-order valence-electron chi connectivity index (χ1n) is 7.65. The molecule has 3 unspecified atom stereocenters. The first-order valence-corrected chi connectivity index (χ1v) is 9.14. The van der Waals surface area contributed by atoms with Crippen LogP contribution in [-0.4, -0.2) is 38.4 Å². The number of benzene rings is 1. The summed E-state index contributed by atoms with van der Waals surface area (Å²) in [6.07, 6.45) is 1.11. The molecule has 1 aromatic carbocycles. The van der Waals surface area contributed by atoms with Gasteiger partial charge in [-0.2, -0.15) is 4.72 Å². The Balaban J connectivity index is 2.05. The Morgan fingerprint density at radius 2 is 1.73 bits per heavy atom. The molecule has 0 aliphatic carbocycles. The lowest BCUT2D eigenvalue weighted by Crippen LogP contribution is -2.51. The molecule has 122 valence electrons. The van der Waals surface area contributed by atoms with Crippen LogP contribution in [0.2, 0.25) is 0 Å². The molecule has 1 aliphatic heterocycles. The van der Waals surface area contributed by atoms with Crippen LogP contribution in [0, 0.1) is 11.8 Å². The van der Waals surface area contributed by atoms with Gasteiger partial charge >= 0.3 is 0 Å². The van der Waals surface area contributed by atoms with Crippen LogP contribution in [0.1, 0.15) is 27.2 Å². The van der Waals surface area contributed by atoms with Gasteiger partial charge in [-0.1, -0.05) is 32.0 Å². The number of likely N-dealkylation sites (tertiary alicyclic amines) is 1. The average molecular weight is 324 g/mol. The van der Waals surface area contributed by atoms with Crippen molar-refractivity contribution in [1.29, 1.82) is 0 Å². The lowest BCUT2D eigenvalue weighted by Gasteiger charge is -2.36. The Morgan fingerprint density at radius 1 is 1.18 bits per heavy atom. The van der Waals surface area contributed by atoms with E-state index in [0.29, 0.717) is 24.9 Å². The molecule has 1 aliphatic rings. The maximum atomic E-state index is 12.5. The smallest absolute Gasteiger partial charge is 0.241 e. The summed E-state index contributed by atoms with van der Waals surface area (Å²) in [5, 5.41) is 0. The standard InChI is InChI=1S/C16H24N2O3S/c1-12-9-13(2)11-18(10-12)16(19)14(3)17-22(20,21)15-7-5-4-6-8-15/h4-8,12-14,17H,9-11H2,1-3H3. The van der Waals surface area contributed by atoms with Crippen molar-refractivity contribution in [2.45, 2.75) is 38.1 Å². The summed E-state index contributed by atoms with van der Waals surface area (Å²) in [5.74, 6) is 0.745. The molecule has 1 N–H and O–H groups in total. The Labute approximate surface area is 132 Å². The second-order valence-electron chi connectivity index (χ2n) is 6.35. The van der Waals surface area contributed by atoms with Gasteiger partial charge in [0.05, 0.1) is 10.9 Å². The number of carbonyl (C=O) groups excluding carboxylic acids is 1. The summed E-state index contributed by atoms with van der Waals surface area (Å²) in [7, 11) is -3.67. The normalized spacial score (nSPS) is 24.0. The van der Waals surface area contributed by atoms with Gasteiger partial charge in [0.25, 0.3) is 0 Å². The lowest BCUT2D eigenvalue weighted by molar-refractivity contribution is -0.135. The van der Waals surface area contributed by atoms with E-state index in [9.17, 15) is 13.2 Å². The first kappa shape index (κ1) is 17.0. The van der Waals surface area contributed by atoms with E-state index in [-0.39, 0.29) is 10.8 Å². The zero-order valence-electron chi connectivity index (χ0n) is 13.3. The third-order valence-corrected chi connectivity index (χ3v) is 5.49. The van der Waals surface area contributed by atoms with E-state index in [1.54, 1.807) is 30.0 Å². The van der Waals surface area contributed by atoms with Gasteiger partial charge in [-0.25, -0.2) is 8.42 Å². The summed E-state index contributed by atoms with van der Waals surface area (Å²) >= 11 is 0. The SMILES string of the molecule is CC1CC(C)CN(C(=O)C(C)NS(=O)(=O)c2ccccc2)C1. The zero-order valence-corrected chi connectivity index (χ0v) is 14.1. The lowest BCUT2D eigenvalue weighted by atomic mass is 9.91.